The number of amides is 1. The van der Waals surface area contributed by atoms with E-state index >= 15 is 0 Å². The highest BCUT2D eigenvalue weighted by Gasteiger charge is 2.07. The molecule has 0 atom stereocenters. The molecule has 0 bridgehead atoms. The standard InChI is InChI=1S/C13H16N2O3/c1-9(2)13(17)18-8-12(16)15-7-10-3-5-11(14)6-4-10/h3-6H,1,7-8,14H2,2H3,(H,15,16). The van der Waals surface area contributed by atoms with Gasteiger partial charge in [0.1, 0.15) is 0 Å². The number of benzene rings is 1. The van der Waals surface area contributed by atoms with Crippen molar-refractivity contribution in [1.29, 1.82) is 0 Å². The van der Waals surface area contributed by atoms with Crippen LogP contribution in [-0.4, -0.2) is 18.5 Å². The normalized spacial score (nSPS) is 9.61. The van der Waals surface area contributed by atoms with Gasteiger partial charge in [-0.3, -0.25) is 4.79 Å². The molecular weight excluding hydrogens is 232 g/mol. The molecule has 0 fully saturated rings. The maximum absolute atomic E-state index is 11.4. The fourth-order valence-electron chi connectivity index (χ4n) is 1.14. The Balaban J connectivity index is 2.31. The van der Waals surface area contributed by atoms with Crippen molar-refractivity contribution in [1.82, 2.24) is 5.32 Å². The Kier molecular flexibility index (Phi) is 4.92. The van der Waals surface area contributed by atoms with Crippen LogP contribution in [-0.2, 0) is 20.9 Å². The summed E-state index contributed by atoms with van der Waals surface area (Å²) in [6.07, 6.45) is 0. The van der Waals surface area contributed by atoms with Crippen LogP contribution in [0, 0.1) is 0 Å². The lowest BCUT2D eigenvalue weighted by atomic mass is 10.2. The average molecular weight is 248 g/mol. The molecule has 0 unspecified atom stereocenters. The van der Waals surface area contributed by atoms with Crippen molar-refractivity contribution in [2.75, 3.05) is 12.3 Å². The summed E-state index contributed by atoms with van der Waals surface area (Å²) in [6, 6.07) is 7.14. The zero-order valence-corrected chi connectivity index (χ0v) is 10.2. The van der Waals surface area contributed by atoms with Crippen LogP contribution in [0.25, 0.3) is 0 Å². The van der Waals surface area contributed by atoms with E-state index in [4.69, 9.17) is 10.5 Å². The summed E-state index contributed by atoms with van der Waals surface area (Å²) in [4.78, 5) is 22.4. The van der Waals surface area contributed by atoms with Crippen molar-refractivity contribution >= 4 is 17.6 Å². The highest BCUT2D eigenvalue weighted by molar-refractivity contribution is 5.89. The van der Waals surface area contributed by atoms with Gasteiger partial charge in [-0.2, -0.15) is 0 Å². The molecule has 0 aromatic heterocycles. The van der Waals surface area contributed by atoms with Crippen molar-refractivity contribution < 1.29 is 14.3 Å². The molecule has 0 aliphatic rings. The van der Waals surface area contributed by atoms with Gasteiger partial charge in [-0.1, -0.05) is 18.7 Å². The van der Waals surface area contributed by atoms with E-state index in [2.05, 4.69) is 11.9 Å². The van der Waals surface area contributed by atoms with Crippen LogP contribution in [0.3, 0.4) is 0 Å². The average Bonchev–Trinajstić information content (AvgIpc) is 2.35. The van der Waals surface area contributed by atoms with Crippen LogP contribution in [0.2, 0.25) is 0 Å². The number of nitrogens with two attached hydrogens (primary N) is 1. The van der Waals surface area contributed by atoms with Gasteiger partial charge >= 0.3 is 5.97 Å². The summed E-state index contributed by atoms with van der Waals surface area (Å²) in [5, 5.41) is 2.63. The molecule has 0 heterocycles. The number of rotatable bonds is 5. The molecule has 0 spiro atoms. The summed E-state index contributed by atoms with van der Waals surface area (Å²) in [6.45, 7) is 5.00. The molecule has 18 heavy (non-hydrogen) atoms. The predicted molar refractivity (Wildman–Crippen MR) is 68.5 cm³/mol. The molecule has 0 saturated heterocycles. The van der Waals surface area contributed by atoms with Gasteiger partial charge in [-0.15, -0.1) is 0 Å². The summed E-state index contributed by atoms with van der Waals surface area (Å²) < 4.78 is 4.70. The second kappa shape index (κ2) is 6.44. The smallest absolute Gasteiger partial charge is 0.333 e. The molecule has 0 saturated carbocycles. The molecule has 3 N–H and O–H groups in total. The Morgan fingerprint density at radius 1 is 1.33 bits per heavy atom. The number of carbonyl (C=O) groups is 2. The second-order valence-electron chi connectivity index (χ2n) is 3.87. The van der Waals surface area contributed by atoms with Crippen molar-refractivity contribution in [2.45, 2.75) is 13.5 Å². The Hall–Kier alpha value is -2.30. The fourth-order valence-corrected chi connectivity index (χ4v) is 1.14. The molecule has 5 nitrogen and oxygen atoms in total. The molecule has 0 aliphatic carbocycles. The van der Waals surface area contributed by atoms with E-state index in [1.54, 1.807) is 12.1 Å². The minimum Gasteiger partial charge on any atom is -0.452 e. The molecule has 1 rings (SSSR count). The van der Waals surface area contributed by atoms with E-state index in [0.717, 1.165) is 5.56 Å². The molecule has 0 aliphatic heterocycles. The minimum absolute atomic E-state index is 0.265. The Morgan fingerprint density at radius 3 is 2.50 bits per heavy atom. The number of carbonyl (C=O) groups excluding carboxylic acids is 2. The quantitative estimate of drug-likeness (QED) is 0.463. The lowest BCUT2D eigenvalue weighted by Gasteiger charge is -2.06. The first-order chi connectivity index (χ1) is 8.49. The first kappa shape index (κ1) is 13.8. The second-order valence-corrected chi connectivity index (χ2v) is 3.87. The van der Waals surface area contributed by atoms with Crippen molar-refractivity contribution in [2.24, 2.45) is 0 Å². The number of nitrogens with one attached hydrogen (secondary N) is 1. The predicted octanol–water partition coefficient (Wildman–Crippen LogP) is 1.00. The van der Waals surface area contributed by atoms with Crippen LogP contribution in [0.4, 0.5) is 5.69 Å². The first-order valence-corrected chi connectivity index (χ1v) is 5.43. The van der Waals surface area contributed by atoms with E-state index in [9.17, 15) is 9.59 Å². The fraction of sp³-hybridized carbons (Fsp3) is 0.231. The largest absolute Gasteiger partial charge is 0.452 e. The van der Waals surface area contributed by atoms with E-state index in [-0.39, 0.29) is 18.1 Å². The minimum atomic E-state index is -0.572. The van der Waals surface area contributed by atoms with E-state index in [0.29, 0.717) is 12.2 Å². The molecule has 96 valence electrons. The third kappa shape index (κ3) is 4.69. The molecule has 1 aromatic rings. The molecule has 1 amide bonds. The van der Waals surface area contributed by atoms with Crippen molar-refractivity contribution in [3.05, 3.63) is 42.0 Å². The van der Waals surface area contributed by atoms with E-state index < -0.39 is 5.97 Å². The summed E-state index contributed by atoms with van der Waals surface area (Å²) in [5.74, 6) is -0.931. The molecule has 5 heteroatoms. The summed E-state index contributed by atoms with van der Waals surface area (Å²) in [5.41, 5.74) is 7.39. The van der Waals surface area contributed by atoms with Gasteiger partial charge in [0.05, 0.1) is 0 Å². The van der Waals surface area contributed by atoms with E-state index in [1.807, 2.05) is 12.1 Å². The van der Waals surface area contributed by atoms with Crippen LogP contribution >= 0.6 is 0 Å². The molecular formula is C13H16N2O3. The van der Waals surface area contributed by atoms with Crippen molar-refractivity contribution in [3.63, 3.8) is 0 Å². The van der Waals surface area contributed by atoms with Crippen LogP contribution in [0.5, 0.6) is 0 Å². The highest BCUT2D eigenvalue weighted by Crippen LogP contribution is 2.04. The molecule has 0 radical (unpaired) electrons. The van der Waals surface area contributed by atoms with Gasteiger partial charge in [-0.05, 0) is 24.6 Å². The van der Waals surface area contributed by atoms with Crippen LogP contribution in [0.1, 0.15) is 12.5 Å². The molecule has 1 aromatic carbocycles. The maximum Gasteiger partial charge on any atom is 0.333 e. The third-order valence-corrected chi connectivity index (χ3v) is 2.15. The van der Waals surface area contributed by atoms with Gasteiger partial charge in [0.25, 0.3) is 5.91 Å². The van der Waals surface area contributed by atoms with Gasteiger partial charge in [-0.25, -0.2) is 4.79 Å². The number of anilines is 1. The van der Waals surface area contributed by atoms with Gasteiger partial charge in [0, 0.05) is 17.8 Å². The van der Waals surface area contributed by atoms with Gasteiger partial charge < -0.3 is 15.8 Å². The zero-order chi connectivity index (χ0) is 13.5. The number of nitrogen functional groups attached to an aromatic ring is 1. The Bertz CT molecular complexity index is 452. The zero-order valence-electron chi connectivity index (χ0n) is 10.2. The lowest BCUT2D eigenvalue weighted by molar-refractivity contribution is -0.144. The monoisotopic (exact) mass is 248 g/mol. The van der Waals surface area contributed by atoms with Gasteiger partial charge in [0.15, 0.2) is 6.61 Å². The third-order valence-electron chi connectivity index (χ3n) is 2.15. The lowest BCUT2D eigenvalue weighted by Crippen LogP contribution is -2.28. The number of ether oxygens (including phenoxy) is 1. The Labute approximate surface area is 106 Å². The summed E-state index contributed by atoms with van der Waals surface area (Å²) in [7, 11) is 0. The van der Waals surface area contributed by atoms with Gasteiger partial charge in [0.2, 0.25) is 0 Å². The SMILES string of the molecule is C=C(C)C(=O)OCC(=O)NCc1ccc(N)cc1. The summed E-state index contributed by atoms with van der Waals surface area (Å²) >= 11 is 0. The number of esters is 1. The first-order valence-electron chi connectivity index (χ1n) is 5.43. The highest BCUT2D eigenvalue weighted by atomic mass is 16.5. The Morgan fingerprint density at radius 2 is 1.94 bits per heavy atom. The van der Waals surface area contributed by atoms with Crippen molar-refractivity contribution in [3.8, 4) is 0 Å². The van der Waals surface area contributed by atoms with Crippen LogP contribution < -0.4 is 11.1 Å². The number of hydrogen-bond donors (Lipinski definition) is 2. The van der Waals surface area contributed by atoms with E-state index in [1.165, 1.54) is 6.92 Å². The number of hydrogen-bond acceptors (Lipinski definition) is 4. The van der Waals surface area contributed by atoms with Crippen LogP contribution in [0.15, 0.2) is 36.4 Å². The maximum atomic E-state index is 11.4. The topological polar surface area (TPSA) is 81.4 Å².